The van der Waals surface area contributed by atoms with Crippen molar-refractivity contribution in [2.45, 2.75) is 12.8 Å². The molecule has 1 aromatic carbocycles. The molecule has 0 fully saturated rings. The summed E-state index contributed by atoms with van der Waals surface area (Å²) in [6.45, 7) is 0. The molecule has 1 rings (SSSR count). The number of carbonyl (C=O) groups is 2. The summed E-state index contributed by atoms with van der Waals surface area (Å²) in [5.41, 5.74) is 0.343. The van der Waals surface area contributed by atoms with Gasteiger partial charge in [0.05, 0.1) is 12.7 Å². The smallest absolute Gasteiger partial charge is 0.337 e. The Kier molecular flexibility index (Phi) is 5.49. The van der Waals surface area contributed by atoms with E-state index in [1.807, 2.05) is 0 Å². The van der Waals surface area contributed by atoms with Gasteiger partial charge in [-0.3, -0.25) is 4.79 Å². The molecule has 0 unspecified atom stereocenters. The molecule has 0 radical (unpaired) electrons. The van der Waals surface area contributed by atoms with E-state index >= 15 is 0 Å². The summed E-state index contributed by atoms with van der Waals surface area (Å²) in [5, 5.41) is 0. The average Bonchev–Trinajstić information content (AvgIpc) is 2.35. The largest absolute Gasteiger partial charge is 0.465 e. The van der Waals surface area contributed by atoms with Crippen molar-refractivity contribution in [3.8, 4) is 5.75 Å². The lowest BCUT2D eigenvalue weighted by molar-refractivity contribution is -0.134. The zero-order chi connectivity index (χ0) is 12.7. The summed E-state index contributed by atoms with van der Waals surface area (Å²) in [7, 11) is 1.29. The van der Waals surface area contributed by atoms with E-state index in [0.717, 1.165) is 0 Å². The Morgan fingerprint density at radius 2 is 2.12 bits per heavy atom. The molecule has 92 valence electrons. The van der Waals surface area contributed by atoms with Gasteiger partial charge in [0, 0.05) is 12.3 Å². The lowest BCUT2D eigenvalue weighted by atomic mass is 10.2. The Hall–Kier alpha value is -1.55. The van der Waals surface area contributed by atoms with Crippen LogP contribution in [0.5, 0.6) is 5.75 Å². The number of halogens is 1. The van der Waals surface area contributed by atoms with Crippen molar-refractivity contribution < 1.29 is 19.1 Å². The van der Waals surface area contributed by atoms with Gasteiger partial charge in [0.15, 0.2) is 0 Å². The number of methoxy groups -OCH3 is 1. The van der Waals surface area contributed by atoms with Crippen molar-refractivity contribution >= 4 is 23.5 Å². The maximum Gasteiger partial charge on any atom is 0.337 e. The van der Waals surface area contributed by atoms with Gasteiger partial charge < -0.3 is 9.47 Å². The first-order valence-electron chi connectivity index (χ1n) is 5.12. The molecule has 0 aromatic heterocycles. The van der Waals surface area contributed by atoms with Gasteiger partial charge in [-0.15, -0.1) is 11.6 Å². The molecule has 1 aromatic rings. The highest BCUT2D eigenvalue weighted by Gasteiger charge is 2.08. The molecule has 0 spiro atoms. The molecule has 0 atom stereocenters. The Morgan fingerprint density at radius 1 is 1.35 bits per heavy atom. The predicted octanol–water partition coefficient (Wildman–Crippen LogP) is 2.40. The average molecular weight is 257 g/mol. The standard InChI is InChI=1S/C12H13ClO4/c1-16-12(15)9-4-2-5-10(8-9)17-11(14)6-3-7-13/h2,4-5,8H,3,6-7H2,1H3. The van der Waals surface area contributed by atoms with Crippen molar-refractivity contribution in [1.29, 1.82) is 0 Å². The van der Waals surface area contributed by atoms with E-state index in [-0.39, 0.29) is 12.4 Å². The molecule has 0 heterocycles. The lowest BCUT2D eigenvalue weighted by Crippen LogP contribution is -2.08. The zero-order valence-corrected chi connectivity index (χ0v) is 10.2. The molecule has 17 heavy (non-hydrogen) atoms. The summed E-state index contributed by atoms with van der Waals surface area (Å²) in [5.74, 6) is -0.0964. The molecule has 0 saturated carbocycles. The Labute approximate surface area is 104 Å². The molecule has 0 amide bonds. The van der Waals surface area contributed by atoms with Gasteiger partial charge in [-0.05, 0) is 24.6 Å². The van der Waals surface area contributed by atoms with Crippen LogP contribution in [0.4, 0.5) is 0 Å². The highest BCUT2D eigenvalue weighted by molar-refractivity contribution is 6.17. The maximum absolute atomic E-state index is 11.3. The molecule has 0 bridgehead atoms. The van der Waals surface area contributed by atoms with E-state index in [1.54, 1.807) is 18.2 Å². The summed E-state index contributed by atoms with van der Waals surface area (Å²) in [6.07, 6.45) is 0.822. The van der Waals surface area contributed by atoms with Crippen LogP contribution in [-0.4, -0.2) is 24.9 Å². The number of ether oxygens (including phenoxy) is 2. The summed E-state index contributed by atoms with van der Waals surface area (Å²) in [6, 6.07) is 6.27. The molecule has 5 heteroatoms. The van der Waals surface area contributed by atoms with Gasteiger partial charge in [0.2, 0.25) is 0 Å². The Bertz CT molecular complexity index is 403. The van der Waals surface area contributed by atoms with Crippen LogP contribution >= 0.6 is 11.6 Å². The van der Waals surface area contributed by atoms with Crippen LogP contribution in [0.2, 0.25) is 0 Å². The monoisotopic (exact) mass is 256 g/mol. The van der Waals surface area contributed by atoms with Crippen LogP contribution in [0.1, 0.15) is 23.2 Å². The van der Waals surface area contributed by atoms with Gasteiger partial charge in [0.1, 0.15) is 5.75 Å². The number of hydrogen-bond donors (Lipinski definition) is 0. The summed E-state index contributed by atoms with van der Waals surface area (Å²) < 4.78 is 9.61. The fraction of sp³-hybridized carbons (Fsp3) is 0.333. The van der Waals surface area contributed by atoms with Gasteiger partial charge >= 0.3 is 11.9 Å². The fourth-order valence-corrected chi connectivity index (χ4v) is 1.33. The van der Waals surface area contributed by atoms with Crippen LogP contribution in [-0.2, 0) is 9.53 Å². The number of esters is 2. The van der Waals surface area contributed by atoms with Crippen molar-refractivity contribution in [1.82, 2.24) is 0 Å². The van der Waals surface area contributed by atoms with Gasteiger partial charge in [-0.1, -0.05) is 6.07 Å². The number of rotatable bonds is 5. The lowest BCUT2D eigenvalue weighted by Gasteiger charge is -2.05. The quantitative estimate of drug-likeness (QED) is 0.461. The molecule has 0 saturated heterocycles. The third kappa shape index (κ3) is 4.44. The van der Waals surface area contributed by atoms with Gasteiger partial charge in [-0.2, -0.15) is 0 Å². The van der Waals surface area contributed by atoms with Crippen LogP contribution in [0, 0.1) is 0 Å². The summed E-state index contributed by atoms with van der Waals surface area (Å²) in [4.78, 5) is 22.6. The minimum Gasteiger partial charge on any atom is -0.465 e. The van der Waals surface area contributed by atoms with Crippen molar-refractivity contribution in [2.75, 3.05) is 13.0 Å². The van der Waals surface area contributed by atoms with E-state index in [1.165, 1.54) is 13.2 Å². The number of alkyl halides is 1. The summed E-state index contributed by atoms with van der Waals surface area (Å²) >= 11 is 5.47. The number of hydrogen-bond acceptors (Lipinski definition) is 4. The fourth-order valence-electron chi connectivity index (χ4n) is 1.20. The first-order chi connectivity index (χ1) is 8.17. The van der Waals surface area contributed by atoms with E-state index in [9.17, 15) is 9.59 Å². The normalized spacial score (nSPS) is 9.76. The topological polar surface area (TPSA) is 52.6 Å². The first-order valence-corrected chi connectivity index (χ1v) is 5.66. The molecule has 4 nitrogen and oxygen atoms in total. The second-order valence-electron chi connectivity index (χ2n) is 3.29. The minimum absolute atomic E-state index is 0.256. The highest BCUT2D eigenvalue weighted by Crippen LogP contribution is 2.15. The van der Waals surface area contributed by atoms with Gasteiger partial charge in [0.25, 0.3) is 0 Å². The van der Waals surface area contributed by atoms with Gasteiger partial charge in [-0.25, -0.2) is 4.79 Å². The van der Waals surface area contributed by atoms with Crippen LogP contribution in [0.25, 0.3) is 0 Å². The van der Waals surface area contributed by atoms with Crippen LogP contribution < -0.4 is 4.74 Å². The van der Waals surface area contributed by atoms with Crippen molar-refractivity contribution in [3.05, 3.63) is 29.8 Å². The molecule has 0 aliphatic carbocycles. The molecular formula is C12H13ClO4. The van der Waals surface area contributed by atoms with Crippen LogP contribution in [0.15, 0.2) is 24.3 Å². The first kappa shape index (κ1) is 13.5. The maximum atomic E-state index is 11.3. The SMILES string of the molecule is COC(=O)c1cccc(OC(=O)CCCCl)c1. The molecule has 0 aliphatic rings. The Balaban J connectivity index is 2.65. The molecular weight excluding hydrogens is 244 g/mol. The number of benzene rings is 1. The van der Waals surface area contributed by atoms with E-state index in [4.69, 9.17) is 16.3 Å². The molecule has 0 aliphatic heterocycles. The zero-order valence-electron chi connectivity index (χ0n) is 9.44. The third-order valence-electron chi connectivity index (χ3n) is 2.00. The van der Waals surface area contributed by atoms with E-state index in [0.29, 0.717) is 23.6 Å². The van der Waals surface area contributed by atoms with E-state index < -0.39 is 5.97 Å². The van der Waals surface area contributed by atoms with Crippen molar-refractivity contribution in [2.24, 2.45) is 0 Å². The second kappa shape index (κ2) is 6.91. The van der Waals surface area contributed by atoms with E-state index in [2.05, 4.69) is 4.74 Å². The van der Waals surface area contributed by atoms with Crippen LogP contribution in [0.3, 0.4) is 0 Å². The third-order valence-corrected chi connectivity index (χ3v) is 2.27. The Morgan fingerprint density at radius 3 is 2.76 bits per heavy atom. The number of carbonyl (C=O) groups excluding carboxylic acids is 2. The highest BCUT2D eigenvalue weighted by atomic mass is 35.5. The minimum atomic E-state index is -0.469. The predicted molar refractivity (Wildman–Crippen MR) is 63.4 cm³/mol. The van der Waals surface area contributed by atoms with Crippen molar-refractivity contribution in [3.63, 3.8) is 0 Å². The molecule has 0 N–H and O–H groups in total. The second-order valence-corrected chi connectivity index (χ2v) is 3.66.